The van der Waals surface area contributed by atoms with Gasteiger partial charge in [0.05, 0.1) is 17.8 Å². The number of carbonyl (C=O) groups excluding carboxylic acids is 3. The second-order valence-electron chi connectivity index (χ2n) is 12.5. The molecular formula is C36H60IN5O6S. The molecule has 3 aromatic rings. The Labute approximate surface area is 311 Å². The zero-order valence-electron chi connectivity index (χ0n) is 31.6. The predicted molar refractivity (Wildman–Crippen MR) is 210 cm³/mol. The first-order chi connectivity index (χ1) is 23.3. The summed E-state index contributed by atoms with van der Waals surface area (Å²) in [6.45, 7) is 21.4. The van der Waals surface area contributed by atoms with Gasteiger partial charge in [-0.05, 0) is 75.0 Å². The fourth-order valence-electron chi connectivity index (χ4n) is 4.73. The van der Waals surface area contributed by atoms with E-state index >= 15 is 0 Å². The van der Waals surface area contributed by atoms with Crippen molar-refractivity contribution in [2.24, 2.45) is 5.41 Å². The van der Waals surface area contributed by atoms with E-state index in [1.165, 1.54) is 24.0 Å². The number of carbonyl (C=O) groups is 3. The molecule has 3 heterocycles. The number of benzene rings is 1. The van der Waals surface area contributed by atoms with Gasteiger partial charge in [0.1, 0.15) is 11.6 Å². The molecule has 2 amide bonds. The fourth-order valence-corrected chi connectivity index (χ4v) is 5.58. The molecule has 0 spiro atoms. The number of nitrogens with zero attached hydrogens (tertiary/aromatic N) is 2. The second-order valence-corrected chi connectivity index (χ2v) is 13.4. The summed E-state index contributed by atoms with van der Waals surface area (Å²) in [5.41, 5.74) is 7.39. The quantitative estimate of drug-likeness (QED) is 0.0981. The number of hydrazine groups is 1. The molecule has 0 aliphatic carbocycles. The largest absolute Gasteiger partial charge is 0.471 e. The summed E-state index contributed by atoms with van der Waals surface area (Å²) in [4.78, 5) is 45.2. The summed E-state index contributed by atoms with van der Waals surface area (Å²) in [6.07, 6.45) is 2.32. The molecule has 1 aromatic carbocycles. The van der Waals surface area contributed by atoms with E-state index in [9.17, 15) is 14.7 Å². The van der Waals surface area contributed by atoms with Crippen LogP contribution in [-0.4, -0.2) is 81.9 Å². The Morgan fingerprint density at radius 2 is 1.78 bits per heavy atom. The number of halogens is 1. The van der Waals surface area contributed by atoms with Gasteiger partial charge in [0, 0.05) is 53.7 Å². The van der Waals surface area contributed by atoms with E-state index < -0.39 is 17.7 Å². The number of aliphatic hydroxyl groups is 1. The van der Waals surface area contributed by atoms with Crippen molar-refractivity contribution in [2.45, 2.75) is 107 Å². The third kappa shape index (κ3) is 15.8. The van der Waals surface area contributed by atoms with Gasteiger partial charge in [-0.1, -0.05) is 70.2 Å². The maximum absolute atomic E-state index is 13.4. The number of alkyl carbamates (subject to hydrolysis) is 1. The highest BCUT2D eigenvalue weighted by Gasteiger charge is 2.30. The Hall–Kier alpha value is -2.75. The molecule has 2 aromatic heterocycles. The molecule has 0 saturated carbocycles. The number of methoxy groups -OCH3 is 1. The third-order valence-electron chi connectivity index (χ3n) is 6.89. The van der Waals surface area contributed by atoms with Gasteiger partial charge < -0.3 is 24.9 Å². The van der Waals surface area contributed by atoms with Crippen LogP contribution in [0.2, 0.25) is 0 Å². The van der Waals surface area contributed by atoms with Gasteiger partial charge in [-0.25, -0.2) is 15.2 Å². The third-order valence-corrected chi connectivity index (χ3v) is 7.76. The number of nitrogens with one attached hydrogen (secondary N) is 3. The highest BCUT2D eigenvalue weighted by Crippen LogP contribution is 2.33. The maximum Gasteiger partial charge on any atom is 0.408 e. The molecule has 13 heteroatoms. The summed E-state index contributed by atoms with van der Waals surface area (Å²) in [5.74, 6) is -0.197. The zero-order valence-corrected chi connectivity index (χ0v) is 34.6. The van der Waals surface area contributed by atoms with Gasteiger partial charge in [0.2, 0.25) is 0 Å². The predicted octanol–water partition coefficient (Wildman–Crippen LogP) is 7.62. The summed E-state index contributed by atoms with van der Waals surface area (Å²) in [6, 6.07) is 5.44. The van der Waals surface area contributed by atoms with E-state index in [2.05, 4.69) is 76.0 Å². The molecule has 278 valence electrons. The van der Waals surface area contributed by atoms with Crippen molar-refractivity contribution in [3.63, 3.8) is 0 Å². The molecule has 49 heavy (non-hydrogen) atoms. The molecule has 0 bridgehead atoms. The topological polar surface area (TPSA) is 146 Å². The van der Waals surface area contributed by atoms with E-state index in [0.29, 0.717) is 13.0 Å². The summed E-state index contributed by atoms with van der Waals surface area (Å²) >= 11 is 3.62. The average Bonchev–Trinajstić information content (AvgIpc) is 3.69. The Bertz CT molecular complexity index is 1400. The molecule has 4 N–H and O–H groups in total. The molecule has 1 aliphatic rings. The number of H-pyrrole nitrogens is 1. The monoisotopic (exact) mass is 817 g/mol. The van der Waals surface area contributed by atoms with Crippen LogP contribution in [0.25, 0.3) is 22.2 Å². The highest BCUT2D eigenvalue weighted by atomic mass is 127. The normalized spacial score (nSPS) is 13.1. The molecule has 1 unspecified atom stereocenters. The first kappa shape index (κ1) is 46.2. The van der Waals surface area contributed by atoms with Gasteiger partial charge in [-0.2, -0.15) is 0 Å². The number of aromatic nitrogens is 2. The number of ether oxygens (including phenoxy) is 2. The van der Waals surface area contributed by atoms with Crippen molar-refractivity contribution in [1.82, 2.24) is 25.7 Å². The van der Waals surface area contributed by atoms with Gasteiger partial charge in [0.15, 0.2) is 0 Å². The Morgan fingerprint density at radius 3 is 2.31 bits per heavy atom. The standard InChI is InChI=1S/C29H41N5O4S.C2H4O2.2C2H6.CH3I/c1-18-21(15-29(5,6)17-35)20-13-19(9-10-22(20)31-18)24-16-39-25(32-24)14-23(33-27(37)38-28(2,3)4)26(36)34-12-8-7-11-30-34;1-4-2-3;3*1-2/h9-10,13,16,23,30-31,35H,7-8,11-12,14-15,17H2,1-6H3,(H,33,37);2H,1H3;2*1-2H3;1H3. The molecule has 1 fully saturated rings. The molecular weight excluding hydrogens is 757 g/mol. The van der Waals surface area contributed by atoms with Crippen LogP contribution in [0.3, 0.4) is 0 Å². The van der Waals surface area contributed by atoms with Crippen molar-refractivity contribution < 1.29 is 29.0 Å². The van der Waals surface area contributed by atoms with Crippen LogP contribution >= 0.6 is 33.9 Å². The Balaban J connectivity index is 0.00000208. The SMILES string of the molecule is CC.CC.CI.COC=O.Cc1[nH]c2ccc(-c3csc(CC(NC(=O)OC(C)(C)C)C(=O)N4CCCCN4)n3)cc2c1CC(C)(C)CO. The summed E-state index contributed by atoms with van der Waals surface area (Å²) in [7, 11) is 1.31. The first-order valence-corrected chi connectivity index (χ1v) is 19.9. The van der Waals surface area contributed by atoms with Crippen LogP contribution in [0.4, 0.5) is 4.79 Å². The van der Waals surface area contributed by atoms with Gasteiger partial charge in [-0.3, -0.25) is 14.6 Å². The smallest absolute Gasteiger partial charge is 0.408 e. The minimum absolute atomic E-state index is 0.110. The van der Waals surface area contributed by atoms with E-state index in [0.717, 1.165) is 58.7 Å². The number of alkyl halides is 1. The van der Waals surface area contributed by atoms with Crippen LogP contribution in [0.1, 0.15) is 91.4 Å². The van der Waals surface area contributed by atoms with Crippen molar-refractivity contribution in [2.75, 3.05) is 31.7 Å². The van der Waals surface area contributed by atoms with Gasteiger partial charge >= 0.3 is 6.09 Å². The molecule has 0 radical (unpaired) electrons. The highest BCUT2D eigenvalue weighted by molar-refractivity contribution is 14.1. The summed E-state index contributed by atoms with van der Waals surface area (Å²) in [5, 5.41) is 18.0. The minimum Gasteiger partial charge on any atom is -0.471 e. The number of amides is 2. The average molecular weight is 818 g/mol. The Kier molecular flexibility index (Phi) is 22.3. The van der Waals surface area contributed by atoms with E-state index in [-0.39, 0.29) is 24.3 Å². The second kappa shape index (κ2) is 23.6. The van der Waals surface area contributed by atoms with Crippen LogP contribution in [0, 0.1) is 12.3 Å². The maximum atomic E-state index is 13.4. The van der Waals surface area contributed by atoms with E-state index in [1.807, 2.05) is 44.1 Å². The lowest BCUT2D eigenvalue weighted by Crippen LogP contribution is -2.56. The number of aromatic amines is 1. The number of aliphatic hydroxyl groups excluding tert-OH is 1. The lowest BCUT2D eigenvalue weighted by Gasteiger charge is -2.31. The van der Waals surface area contributed by atoms with Crippen molar-refractivity contribution in [1.29, 1.82) is 0 Å². The minimum atomic E-state index is -0.799. The fraction of sp³-hybridized carbons (Fsp3) is 0.611. The number of fused-ring (bicyclic) bond motifs is 1. The number of aryl methyl sites for hydroxylation is 1. The van der Waals surface area contributed by atoms with Gasteiger partial charge in [-0.15, -0.1) is 11.3 Å². The lowest BCUT2D eigenvalue weighted by molar-refractivity contribution is -0.137. The van der Waals surface area contributed by atoms with E-state index in [1.54, 1.807) is 25.8 Å². The molecule has 11 nitrogen and oxygen atoms in total. The Morgan fingerprint density at radius 1 is 1.14 bits per heavy atom. The molecule has 1 aliphatic heterocycles. The van der Waals surface area contributed by atoms with Crippen molar-refractivity contribution in [3.8, 4) is 11.3 Å². The number of thiazole rings is 1. The number of hydrogen-bond acceptors (Lipinski definition) is 9. The van der Waals surface area contributed by atoms with Crippen molar-refractivity contribution in [3.05, 3.63) is 39.8 Å². The lowest BCUT2D eigenvalue weighted by atomic mass is 9.85. The molecule has 1 atom stereocenters. The van der Waals surface area contributed by atoms with Crippen LogP contribution in [0.5, 0.6) is 0 Å². The van der Waals surface area contributed by atoms with Crippen LogP contribution in [0.15, 0.2) is 23.6 Å². The zero-order chi connectivity index (χ0) is 37.8. The van der Waals surface area contributed by atoms with Gasteiger partial charge in [0.25, 0.3) is 12.4 Å². The van der Waals surface area contributed by atoms with E-state index in [4.69, 9.17) is 14.5 Å². The van der Waals surface area contributed by atoms with Crippen LogP contribution in [-0.2, 0) is 31.9 Å². The molecule has 1 saturated heterocycles. The number of rotatable bonds is 9. The van der Waals surface area contributed by atoms with Crippen LogP contribution < -0.4 is 10.7 Å². The number of hydrogen-bond donors (Lipinski definition) is 4. The van der Waals surface area contributed by atoms with Crippen molar-refractivity contribution >= 4 is 63.3 Å². The molecule has 4 rings (SSSR count). The summed E-state index contributed by atoms with van der Waals surface area (Å²) < 4.78 is 9.30. The first-order valence-electron chi connectivity index (χ1n) is 16.8.